The summed E-state index contributed by atoms with van der Waals surface area (Å²) in [5.41, 5.74) is 0.269. The first-order chi connectivity index (χ1) is 16.3. The highest BCUT2D eigenvalue weighted by molar-refractivity contribution is 6.32. The highest BCUT2D eigenvalue weighted by Crippen LogP contribution is 2.21. The van der Waals surface area contributed by atoms with Crippen LogP contribution in [0, 0.1) is 0 Å². The number of halogens is 1. The SMILES string of the molecule is CCOC(=O)c1nn(-c2ccccc2Cl)c(=O)cc1OCC(=O)Nc1cccc(NC(C)=O)c1. The predicted octanol–water partition coefficient (Wildman–Crippen LogP) is 3.04. The van der Waals surface area contributed by atoms with E-state index in [1.165, 1.54) is 6.92 Å². The number of para-hydroxylation sites is 1. The Balaban J connectivity index is 1.82. The minimum absolute atomic E-state index is 0.0658. The molecule has 10 nitrogen and oxygen atoms in total. The second-order valence-corrected chi connectivity index (χ2v) is 7.29. The molecule has 2 amide bonds. The number of carbonyl (C=O) groups is 3. The Labute approximate surface area is 199 Å². The van der Waals surface area contributed by atoms with Crippen LogP contribution >= 0.6 is 11.6 Å². The monoisotopic (exact) mass is 484 g/mol. The van der Waals surface area contributed by atoms with Gasteiger partial charge in [0.05, 0.1) is 23.4 Å². The summed E-state index contributed by atoms with van der Waals surface area (Å²) in [5.74, 6) is -1.86. The van der Waals surface area contributed by atoms with Gasteiger partial charge in [0, 0.05) is 18.3 Å². The highest BCUT2D eigenvalue weighted by atomic mass is 35.5. The lowest BCUT2D eigenvalue weighted by molar-refractivity contribution is -0.118. The van der Waals surface area contributed by atoms with Crippen molar-refractivity contribution in [1.82, 2.24) is 9.78 Å². The Morgan fingerprint density at radius 3 is 2.41 bits per heavy atom. The maximum Gasteiger partial charge on any atom is 0.362 e. The normalized spacial score (nSPS) is 10.3. The molecule has 3 aromatic rings. The summed E-state index contributed by atoms with van der Waals surface area (Å²) in [6, 6.07) is 14.0. The number of nitrogens with zero attached hydrogens (tertiary/aromatic N) is 2. The third-order valence-corrected chi connectivity index (χ3v) is 4.59. The van der Waals surface area contributed by atoms with Crippen LogP contribution in [0.1, 0.15) is 24.3 Å². The molecule has 0 aliphatic carbocycles. The van der Waals surface area contributed by atoms with Gasteiger partial charge >= 0.3 is 5.97 Å². The van der Waals surface area contributed by atoms with Gasteiger partial charge in [-0.1, -0.05) is 29.8 Å². The van der Waals surface area contributed by atoms with E-state index in [4.69, 9.17) is 21.1 Å². The summed E-state index contributed by atoms with van der Waals surface area (Å²) in [5, 5.41) is 9.54. The fourth-order valence-electron chi connectivity index (χ4n) is 2.91. The molecule has 0 spiro atoms. The van der Waals surface area contributed by atoms with Crippen molar-refractivity contribution in [1.29, 1.82) is 0 Å². The maximum atomic E-state index is 12.7. The third kappa shape index (κ3) is 6.20. The molecule has 2 aromatic carbocycles. The van der Waals surface area contributed by atoms with Crippen molar-refractivity contribution < 1.29 is 23.9 Å². The summed E-state index contributed by atoms with van der Waals surface area (Å²) in [6.07, 6.45) is 0. The van der Waals surface area contributed by atoms with Gasteiger partial charge in [-0.05, 0) is 37.3 Å². The van der Waals surface area contributed by atoms with E-state index in [1.54, 1.807) is 55.5 Å². The van der Waals surface area contributed by atoms with Gasteiger partial charge in [0.2, 0.25) is 11.6 Å². The Bertz CT molecular complexity index is 1290. The van der Waals surface area contributed by atoms with Gasteiger partial charge in [0.25, 0.3) is 11.5 Å². The van der Waals surface area contributed by atoms with E-state index in [9.17, 15) is 19.2 Å². The van der Waals surface area contributed by atoms with Crippen molar-refractivity contribution in [2.24, 2.45) is 0 Å². The van der Waals surface area contributed by atoms with Gasteiger partial charge in [-0.25, -0.2) is 4.79 Å². The van der Waals surface area contributed by atoms with Crippen LogP contribution < -0.4 is 20.9 Å². The first-order valence-corrected chi connectivity index (χ1v) is 10.5. The lowest BCUT2D eigenvalue weighted by Gasteiger charge is -2.13. The van der Waals surface area contributed by atoms with Gasteiger partial charge < -0.3 is 20.1 Å². The molecule has 1 heterocycles. The lowest BCUT2D eigenvalue weighted by Crippen LogP contribution is -2.27. The molecule has 0 bridgehead atoms. The van der Waals surface area contributed by atoms with Crippen molar-refractivity contribution in [3.05, 3.63) is 75.7 Å². The molecule has 3 rings (SSSR count). The Kier molecular flexibility index (Phi) is 7.99. The van der Waals surface area contributed by atoms with Crippen LogP contribution in [0.25, 0.3) is 5.69 Å². The predicted molar refractivity (Wildman–Crippen MR) is 126 cm³/mol. The summed E-state index contributed by atoms with van der Waals surface area (Å²) in [7, 11) is 0. The molecule has 2 N–H and O–H groups in total. The number of anilines is 2. The van der Waals surface area contributed by atoms with E-state index in [-0.39, 0.29) is 34.7 Å². The topological polar surface area (TPSA) is 129 Å². The van der Waals surface area contributed by atoms with Crippen LogP contribution in [0.2, 0.25) is 5.02 Å². The van der Waals surface area contributed by atoms with Crippen LogP contribution in [0.3, 0.4) is 0 Å². The average molecular weight is 485 g/mol. The van der Waals surface area contributed by atoms with E-state index in [1.807, 2.05) is 0 Å². The van der Waals surface area contributed by atoms with Crippen molar-refractivity contribution in [2.75, 3.05) is 23.8 Å². The Morgan fingerprint density at radius 1 is 1.03 bits per heavy atom. The first-order valence-electron chi connectivity index (χ1n) is 10.1. The summed E-state index contributed by atoms with van der Waals surface area (Å²) < 4.78 is 11.4. The molecule has 34 heavy (non-hydrogen) atoms. The van der Waals surface area contributed by atoms with E-state index >= 15 is 0 Å². The van der Waals surface area contributed by atoms with Crippen molar-refractivity contribution >= 4 is 40.8 Å². The molecule has 0 atom stereocenters. The summed E-state index contributed by atoms with van der Waals surface area (Å²) >= 11 is 6.16. The molecule has 0 aliphatic heterocycles. The van der Waals surface area contributed by atoms with Crippen LogP contribution in [0.15, 0.2) is 59.4 Å². The summed E-state index contributed by atoms with van der Waals surface area (Å²) in [6.45, 7) is 2.53. The minimum Gasteiger partial charge on any atom is -0.481 e. The van der Waals surface area contributed by atoms with Crippen LogP contribution in [0.5, 0.6) is 5.75 Å². The molecule has 0 aliphatic rings. The number of aromatic nitrogens is 2. The van der Waals surface area contributed by atoms with Gasteiger partial charge in [-0.3, -0.25) is 14.4 Å². The van der Waals surface area contributed by atoms with Gasteiger partial charge in [0.15, 0.2) is 12.4 Å². The zero-order valence-corrected chi connectivity index (χ0v) is 19.1. The van der Waals surface area contributed by atoms with Gasteiger partial charge in [-0.2, -0.15) is 9.78 Å². The number of ether oxygens (including phenoxy) is 2. The molecule has 0 unspecified atom stereocenters. The van der Waals surface area contributed by atoms with E-state index in [2.05, 4.69) is 15.7 Å². The number of rotatable bonds is 8. The smallest absolute Gasteiger partial charge is 0.362 e. The van der Waals surface area contributed by atoms with Gasteiger partial charge in [0.1, 0.15) is 0 Å². The highest BCUT2D eigenvalue weighted by Gasteiger charge is 2.21. The maximum absolute atomic E-state index is 12.7. The standard InChI is InChI=1S/C23H21ClN4O6/c1-3-33-23(32)22-19(12-21(31)28(27-22)18-10-5-4-9-17(18)24)34-13-20(30)26-16-8-6-7-15(11-16)25-14(2)29/h4-12H,3,13H2,1-2H3,(H,25,29)(H,26,30). The van der Waals surface area contributed by atoms with E-state index in [0.29, 0.717) is 11.4 Å². The molecule has 176 valence electrons. The second kappa shape index (κ2) is 11.1. The third-order valence-electron chi connectivity index (χ3n) is 4.27. The second-order valence-electron chi connectivity index (χ2n) is 6.88. The Hall–Kier alpha value is -4.18. The van der Waals surface area contributed by atoms with Gasteiger partial charge in [-0.15, -0.1) is 0 Å². The molecular weight excluding hydrogens is 464 g/mol. The zero-order valence-electron chi connectivity index (χ0n) is 18.3. The first kappa shape index (κ1) is 24.5. The lowest BCUT2D eigenvalue weighted by atomic mass is 10.2. The van der Waals surface area contributed by atoms with Crippen LogP contribution in [-0.4, -0.2) is 40.8 Å². The van der Waals surface area contributed by atoms with E-state index in [0.717, 1.165) is 10.7 Å². The number of hydrogen-bond donors (Lipinski definition) is 2. The number of carbonyl (C=O) groups excluding carboxylic acids is 3. The molecule has 0 fully saturated rings. The number of benzene rings is 2. The quantitative estimate of drug-likeness (QED) is 0.470. The fourth-order valence-corrected chi connectivity index (χ4v) is 3.12. The number of hydrogen-bond acceptors (Lipinski definition) is 7. The largest absolute Gasteiger partial charge is 0.481 e. The average Bonchev–Trinajstić information content (AvgIpc) is 2.78. The van der Waals surface area contributed by atoms with Crippen molar-refractivity contribution in [3.8, 4) is 11.4 Å². The number of esters is 1. The molecular formula is C23H21ClN4O6. The van der Waals surface area contributed by atoms with Crippen LogP contribution in [-0.2, 0) is 14.3 Å². The fraction of sp³-hybridized carbons (Fsp3) is 0.174. The van der Waals surface area contributed by atoms with Crippen molar-refractivity contribution in [3.63, 3.8) is 0 Å². The minimum atomic E-state index is -0.832. The molecule has 11 heteroatoms. The number of amides is 2. The molecule has 0 saturated heterocycles. The van der Waals surface area contributed by atoms with Crippen molar-refractivity contribution in [2.45, 2.75) is 13.8 Å². The zero-order chi connectivity index (χ0) is 24.7. The van der Waals surface area contributed by atoms with E-state index < -0.39 is 24.0 Å². The molecule has 0 radical (unpaired) electrons. The molecule has 0 saturated carbocycles. The van der Waals surface area contributed by atoms with Crippen LogP contribution in [0.4, 0.5) is 11.4 Å². The molecule has 1 aromatic heterocycles. The number of nitrogens with one attached hydrogen (secondary N) is 2. The Morgan fingerprint density at radius 2 is 1.74 bits per heavy atom. The summed E-state index contributed by atoms with van der Waals surface area (Å²) in [4.78, 5) is 48.7.